The number of nitrogens with zero attached hydrogens (tertiary/aromatic N) is 2. The van der Waals surface area contributed by atoms with E-state index in [0.717, 1.165) is 16.9 Å². The van der Waals surface area contributed by atoms with E-state index in [1.807, 2.05) is 36.9 Å². The molecule has 0 bridgehead atoms. The van der Waals surface area contributed by atoms with Gasteiger partial charge in [-0.3, -0.25) is 14.5 Å². The lowest BCUT2D eigenvalue weighted by Gasteiger charge is -2.34. The molecule has 1 fully saturated rings. The van der Waals surface area contributed by atoms with Gasteiger partial charge in [0.25, 0.3) is 5.91 Å². The molecule has 1 aliphatic heterocycles. The van der Waals surface area contributed by atoms with Crippen molar-refractivity contribution >= 4 is 11.8 Å². The molecule has 23 heavy (non-hydrogen) atoms. The van der Waals surface area contributed by atoms with E-state index in [4.69, 9.17) is 4.74 Å². The van der Waals surface area contributed by atoms with Crippen molar-refractivity contribution in [3.05, 3.63) is 29.3 Å². The third-order valence-corrected chi connectivity index (χ3v) is 4.07. The normalized spacial score (nSPS) is 15.3. The molecule has 1 aromatic carbocycles. The van der Waals surface area contributed by atoms with Crippen LogP contribution in [0.5, 0.6) is 5.75 Å². The van der Waals surface area contributed by atoms with Crippen LogP contribution in [0.4, 0.5) is 0 Å². The molecule has 0 saturated carbocycles. The van der Waals surface area contributed by atoms with Crippen LogP contribution in [-0.2, 0) is 9.59 Å². The van der Waals surface area contributed by atoms with Crippen molar-refractivity contribution in [2.24, 2.45) is 0 Å². The Labute approximate surface area is 137 Å². The zero-order chi connectivity index (χ0) is 16.8. The summed E-state index contributed by atoms with van der Waals surface area (Å²) in [5.41, 5.74) is 2.14. The van der Waals surface area contributed by atoms with Crippen LogP contribution in [0.2, 0.25) is 0 Å². The fourth-order valence-corrected chi connectivity index (χ4v) is 2.53. The molecule has 0 aromatic heterocycles. The van der Waals surface area contributed by atoms with Gasteiger partial charge in [0.1, 0.15) is 5.75 Å². The van der Waals surface area contributed by atoms with Gasteiger partial charge in [-0.2, -0.15) is 0 Å². The molecule has 6 nitrogen and oxygen atoms in total. The average molecular weight is 319 g/mol. The van der Waals surface area contributed by atoms with Gasteiger partial charge in [-0.1, -0.05) is 12.1 Å². The number of ether oxygens (including phenoxy) is 1. The van der Waals surface area contributed by atoms with Gasteiger partial charge in [-0.05, 0) is 31.0 Å². The summed E-state index contributed by atoms with van der Waals surface area (Å²) in [6, 6.07) is 5.96. The van der Waals surface area contributed by atoms with Crippen LogP contribution in [0.1, 0.15) is 11.1 Å². The van der Waals surface area contributed by atoms with Crippen molar-refractivity contribution in [3.63, 3.8) is 0 Å². The minimum atomic E-state index is -0.00880. The van der Waals surface area contributed by atoms with E-state index >= 15 is 0 Å². The fourth-order valence-electron chi connectivity index (χ4n) is 2.53. The summed E-state index contributed by atoms with van der Waals surface area (Å²) in [4.78, 5) is 27.5. The lowest BCUT2D eigenvalue weighted by molar-refractivity contribution is -0.135. The molecule has 1 heterocycles. The highest BCUT2D eigenvalue weighted by Gasteiger charge is 2.22. The maximum atomic E-state index is 12.3. The van der Waals surface area contributed by atoms with Crippen LogP contribution in [0, 0.1) is 13.8 Å². The predicted molar refractivity (Wildman–Crippen MR) is 88.5 cm³/mol. The van der Waals surface area contributed by atoms with Crippen LogP contribution in [0.3, 0.4) is 0 Å². The molecule has 1 N–H and O–H groups in total. The number of likely N-dealkylation sites (N-methyl/N-ethyl adjacent to an activating group) is 1. The van der Waals surface area contributed by atoms with Crippen molar-refractivity contribution < 1.29 is 14.3 Å². The topological polar surface area (TPSA) is 61.9 Å². The zero-order valence-electron chi connectivity index (χ0n) is 14.1. The summed E-state index contributed by atoms with van der Waals surface area (Å²) in [5, 5.41) is 2.61. The van der Waals surface area contributed by atoms with E-state index in [9.17, 15) is 9.59 Å². The standard InChI is InChI=1S/C17H25N3O3/c1-13-4-5-14(2)15(10-13)23-12-17(22)20-8-6-19(7-9-20)11-16(21)18-3/h4-5,10H,6-9,11-12H2,1-3H3,(H,18,21). The quantitative estimate of drug-likeness (QED) is 0.862. The Hall–Kier alpha value is -2.08. The third kappa shape index (κ3) is 4.96. The first-order chi connectivity index (χ1) is 11.0. The summed E-state index contributed by atoms with van der Waals surface area (Å²) in [6.45, 7) is 7.09. The molecule has 0 aliphatic carbocycles. The van der Waals surface area contributed by atoms with Crippen LogP contribution >= 0.6 is 0 Å². The van der Waals surface area contributed by atoms with Crippen molar-refractivity contribution in [1.82, 2.24) is 15.1 Å². The number of aryl methyl sites for hydroxylation is 2. The van der Waals surface area contributed by atoms with E-state index in [-0.39, 0.29) is 18.4 Å². The monoisotopic (exact) mass is 319 g/mol. The number of benzene rings is 1. The second-order valence-electron chi connectivity index (χ2n) is 5.89. The van der Waals surface area contributed by atoms with Gasteiger partial charge in [0.15, 0.2) is 6.61 Å². The van der Waals surface area contributed by atoms with E-state index < -0.39 is 0 Å². The van der Waals surface area contributed by atoms with E-state index in [0.29, 0.717) is 32.7 Å². The Kier molecular flexibility index (Phi) is 5.98. The molecule has 6 heteroatoms. The highest BCUT2D eigenvalue weighted by atomic mass is 16.5. The maximum Gasteiger partial charge on any atom is 0.260 e. The maximum absolute atomic E-state index is 12.3. The minimum Gasteiger partial charge on any atom is -0.483 e. The molecular formula is C17H25N3O3. The number of hydrogen-bond donors (Lipinski definition) is 1. The summed E-state index contributed by atoms with van der Waals surface area (Å²) in [7, 11) is 1.63. The fraction of sp³-hybridized carbons (Fsp3) is 0.529. The van der Waals surface area contributed by atoms with Gasteiger partial charge in [0.2, 0.25) is 5.91 Å². The van der Waals surface area contributed by atoms with Crippen molar-refractivity contribution in [1.29, 1.82) is 0 Å². The van der Waals surface area contributed by atoms with Crippen molar-refractivity contribution in [2.45, 2.75) is 13.8 Å². The SMILES string of the molecule is CNC(=O)CN1CCN(C(=O)COc2cc(C)ccc2C)CC1. The van der Waals surface area contributed by atoms with Gasteiger partial charge in [-0.25, -0.2) is 0 Å². The smallest absolute Gasteiger partial charge is 0.260 e. The van der Waals surface area contributed by atoms with Gasteiger partial charge in [0.05, 0.1) is 6.54 Å². The van der Waals surface area contributed by atoms with Crippen molar-refractivity contribution in [2.75, 3.05) is 46.4 Å². The number of nitrogens with one attached hydrogen (secondary N) is 1. The molecule has 2 rings (SSSR count). The van der Waals surface area contributed by atoms with Crippen LogP contribution in [-0.4, -0.2) is 68.0 Å². The summed E-state index contributed by atoms with van der Waals surface area (Å²) in [6.07, 6.45) is 0. The number of carbonyl (C=O) groups is 2. The molecule has 0 spiro atoms. The van der Waals surface area contributed by atoms with Gasteiger partial charge >= 0.3 is 0 Å². The highest BCUT2D eigenvalue weighted by Crippen LogP contribution is 2.19. The first-order valence-corrected chi connectivity index (χ1v) is 7.90. The molecule has 2 amide bonds. The number of rotatable bonds is 5. The number of piperazine rings is 1. The first-order valence-electron chi connectivity index (χ1n) is 7.90. The second-order valence-corrected chi connectivity index (χ2v) is 5.89. The molecule has 1 aromatic rings. The predicted octanol–water partition coefficient (Wildman–Crippen LogP) is 0.572. The largest absolute Gasteiger partial charge is 0.483 e. The molecule has 126 valence electrons. The van der Waals surface area contributed by atoms with E-state index in [1.54, 1.807) is 11.9 Å². The Morgan fingerprint density at radius 1 is 1.17 bits per heavy atom. The lowest BCUT2D eigenvalue weighted by Crippen LogP contribution is -2.51. The van der Waals surface area contributed by atoms with Gasteiger partial charge < -0.3 is 15.0 Å². The van der Waals surface area contributed by atoms with E-state index in [1.165, 1.54) is 0 Å². The third-order valence-electron chi connectivity index (χ3n) is 4.07. The lowest BCUT2D eigenvalue weighted by atomic mass is 10.1. The van der Waals surface area contributed by atoms with Gasteiger partial charge in [-0.15, -0.1) is 0 Å². The Balaban J connectivity index is 1.79. The number of hydrogen-bond acceptors (Lipinski definition) is 4. The Morgan fingerprint density at radius 3 is 2.52 bits per heavy atom. The van der Waals surface area contributed by atoms with Gasteiger partial charge in [0, 0.05) is 33.2 Å². The Morgan fingerprint density at radius 2 is 1.87 bits per heavy atom. The first kappa shape index (κ1) is 17.3. The van der Waals surface area contributed by atoms with Crippen molar-refractivity contribution in [3.8, 4) is 5.75 Å². The summed E-state index contributed by atoms with van der Waals surface area (Å²) in [5.74, 6) is 0.755. The Bertz CT molecular complexity index is 566. The molecule has 0 atom stereocenters. The van der Waals surface area contributed by atoms with E-state index in [2.05, 4.69) is 5.32 Å². The molecule has 1 saturated heterocycles. The second kappa shape index (κ2) is 7.97. The molecular weight excluding hydrogens is 294 g/mol. The number of carbonyl (C=O) groups excluding carboxylic acids is 2. The molecule has 0 radical (unpaired) electrons. The summed E-state index contributed by atoms with van der Waals surface area (Å²) >= 11 is 0. The highest BCUT2D eigenvalue weighted by molar-refractivity contribution is 5.78. The van der Waals surface area contributed by atoms with Crippen LogP contribution in [0.15, 0.2) is 18.2 Å². The van der Waals surface area contributed by atoms with Crippen LogP contribution < -0.4 is 10.1 Å². The van der Waals surface area contributed by atoms with Crippen LogP contribution in [0.25, 0.3) is 0 Å². The summed E-state index contributed by atoms with van der Waals surface area (Å²) < 4.78 is 5.67. The minimum absolute atomic E-state index is 0.00281. The molecule has 0 unspecified atom stereocenters. The molecule has 1 aliphatic rings. The number of amides is 2. The zero-order valence-corrected chi connectivity index (χ0v) is 14.1. The average Bonchev–Trinajstić information content (AvgIpc) is 2.56.